The molecule has 0 aliphatic carbocycles. The van der Waals surface area contributed by atoms with Crippen LogP contribution in [0.5, 0.6) is 5.75 Å². The van der Waals surface area contributed by atoms with Crippen LogP contribution in [0.1, 0.15) is 22.8 Å². The molecule has 0 aliphatic heterocycles. The van der Waals surface area contributed by atoms with E-state index in [2.05, 4.69) is 20.9 Å². The number of para-hydroxylation sites is 1. The normalized spacial score (nSPS) is 11.1. The fourth-order valence-electron chi connectivity index (χ4n) is 4.00. The minimum absolute atomic E-state index is 0.0861. The molecule has 0 spiro atoms. The van der Waals surface area contributed by atoms with Crippen LogP contribution in [0.15, 0.2) is 114 Å². The molecule has 0 fully saturated rings. The van der Waals surface area contributed by atoms with Crippen LogP contribution in [0.25, 0.3) is 16.3 Å². The molecule has 0 saturated heterocycles. The van der Waals surface area contributed by atoms with E-state index >= 15 is 0 Å². The van der Waals surface area contributed by atoms with Gasteiger partial charge in [-0.15, -0.1) is 11.8 Å². The summed E-state index contributed by atoms with van der Waals surface area (Å²) in [5.74, 6) is -0.106. The van der Waals surface area contributed by atoms with E-state index in [4.69, 9.17) is 4.74 Å². The summed E-state index contributed by atoms with van der Waals surface area (Å²) in [5.41, 5.74) is 2.63. The lowest BCUT2D eigenvalue weighted by Gasteiger charge is -2.12. The molecule has 0 bridgehead atoms. The third-order valence-electron chi connectivity index (χ3n) is 6.05. The molecule has 0 radical (unpaired) electrons. The average Bonchev–Trinajstić information content (AvgIpc) is 3.44. The SMILES string of the molecule is CCOc1ccc(/C=C(\NC(=O)c2ccccc2)C(=O)Nc2ccc(SCC(=O)Nc3nc4ccccc4s3)cc2)cc1. The standard InChI is InChI=1S/C33H28N4O4S2/c1-2-41-25-16-12-22(13-17-25)20-28(35-31(39)23-8-4-3-5-9-23)32(40)34-24-14-18-26(19-15-24)42-21-30(38)37-33-36-27-10-6-7-11-29(27)43-33/h3-20H,2,21H2,1H3,(H,34,40)(H,35,39)(H,36,37,38)/b28-20-. The minimum atomic E-state index is -0.478. The summed E-state index contributed by atoms with van der Waals surface area (Å²) in [7, 11) is 0. The Morgan fingerprint density at radius 3 is 2.30 bits per heavy atom. The quantitative estimate of drug-likeness (QED) is 0.112. The number of hydrogen-bond donors (Lipinski definition) is 3. The van der Waals surface area contributed by atoms with Gasteiger partial charge >= 0.3 is 0 Å². The summed E-state index contributed by atoms with van der Waals surface area (Å²) >= 11 is 2.81. The molecule has 5 rings (SSSR count). The smallest absolute Gasteiger partial charge is 0.272 e. The van der Waals surface area contributed by atoms with Crippen molar-refractivity contribution < 1.29 is 19.1 Å². The second-order valence-electron chi connectivity index (χ2n) is 9.18. The van der Waals surface area contributed by atoms with E-state index in [0.29, 0.717) is 28.7 Å². The van der Waals surface area contributed by atoms with Gasteiger partial charge in [0, 0.05) is 16.1 Å². The lowest BCUT2D eigenvalue weighted by Crippen LogP contribution is -2.30. The molecule has 3 N–H and O–H groups in total. The number of amides is 3. The van der Waals surface area contributed by atoms with Gasteiger partial charge in [0.15, 0.2) is 5.13 Å². The fraction of sp³-hybridized carbons (Fsp3) is 0.0909. The summed E-state index contributed by atoms with van der Waals surface area (Å²) < 4.78 is 6.51. The van der Waals surface area contributed by atoms with E-state index in [9.17, 15) is 14.4 Å². The van der Waals surface area contributed by atoms with E-state index in [-0.39, 0.29) is 17.4 Å². The lowest BCUT2D eigenvalue weighted by atomic mass is 10.1. The Hall–Kier alpha value is -4.93. The molecule has 5 aromatic rings. The minimum Gasteiger partial charge on any atom is -0.494 e. The Morgan fingerprint density at radius 2 is 1.58 bits per heavy atom. The number of fused-ring (bicyclic) bond motifs is 1. The van der Waals surface area contributed by atoms with Crippen LogP contribution in [0.4, 0.5) is 10.8 Å². The highest BCUT2D eigenvalue weighted by Crippen LogP contribution is 2.26. The van der Waals surface area contributed by atoms with E-state index in [1.54, 1.807) is 54.6 Å². The van der Waals surface area contributed by atoms with Crippen LogP contribution in [-0.4, -0.2) is 35.1 Å². The van der Waals surface area contributed by atoms with Crippen molar-refractivity contribution in [3.8, 4) is 5.75 Å². The van der Waals surface area contributed by atoms with Crippen LogP contribution in [0.2, 0.25) is 0 Å². The zero-order valence-corrected chi connectivity index (χ0v) is 24.8. The van der Waals surface area contributed by atoms with Gasteiger partial charge in [0.2, 0.25) is 5.91 Å². The van der Waals surface area contributed by atoms with Gasteiger partial charge in [-0.3, -0.25) is 14.4 Å². The molecule has 216 valence electrons. The zero-order chi connectivity index (χ0) is 30.0. The maximum Gasteiger partial charge on any atom is 0.272 e. The van der Waals surface area contributed by atoms with E-state index < -0.39 is 11.8 Å². The Kier molecular flexibility index (Phi) is 9.83. The van der Waals surface area contributed by atoms with Crippen molar-refractivity contribution >= 4 is 67.9 Å². The van der Waals surface area contributed by atoms with Crippen LogP contribution < -0.4 is 20.7 Å². The predicted molar refractivity (Wildman–Crippen MR) is 174 cm³/mol. The van der Waals surface area contributed by atoms with Crippen molar-refractivity contribution in [1.29, 1.82) is 0 Å². The highest BCUT2D eigenvalue weighted by molar-refractivity contribution is 8.00. The average molecular weight is 609 g/mol. The number of benzene rings is 4. The highest BCUT2D eigenvalue weighted by atomic mass is 32.2. The Labute approximate surface area is 257 Å². The zero-order valence-electron chi connectivity index (χ0n) is 23.2. The molecule has 43 heavy (non-hydrogen) atoms. The predicted octanol–water partition coefficient (Wildman–Crippen LogP) is 6.84. The molecule has 3 amide bonds. The van der Waals surface area contributed by atoms with Crippen molar-refractivity contribution in [2.75, 3.05) is 23.0 Å². The Balaban J connectivity index is 1.22. The number of anilines is 2. The maximum atomic E-state index is 13.3. The molecule has 0 aliphatic rings. The number of hydrogen-bond acceptors (Lipinski definition) is 7. The fourth-order valence-corrected chi connectivity index (χ4v) is 5.58. The van der Waals surface area contributed by atoms with E-state index in [0.717, 1.165) is 20.7 Å². The van der Waals surface area contributed by atoms with Crippen LogP contribution in [0, 0.1) is 0 Å². The van der Waals surface area contributed by atoms with Crippen LogP contribution in [-0.2, 0) is 9.59 Å². The van der Waals surface area contributed by atoms with E-state index in [1.165, 1.54) is 23.1 Å². The molecular weight excluding hydrogens is 581 g/mol. The van der Waals surface area contributed by atoms with Gasteiger partial charge in [0.1, 0.15) is 11.4 Å². The van der Waals surface area contributed by atoms with Gasteiger partial charge in [-0.1, -0.05) is 53.8 Å². The third-order valence-corrected chi connectivity index (χ3v) is 8.02. The number of rotatable bonds is 11. The van der Waals surface area contributed by atoms with Gasteiger partial charge in [-0.25, -0.2) is 4.98 Å². The van der Waals surface area contributed by atoms with Gasteiger partial charge in [0.05, 0.1) is 22.6 Å². The number of ether oxygens (including phenoxy) is 1. The summed E-state index contributed by atoms with van der Waals surface area (Å²) in [6.07, 6.45) is 1.61. The van der Waals surface area contributed by atoms with Crippen molar-refractivity contribution in [2.24, 2.45) is 0 Å². The highest BCUT2D eigenvalue weighted by Gasteiger charge is 2.15. The van der Waals surface area contributed by atoms with Gasteiger partial charge in [-0.05, 0) is 79.2 Å². The summed E-state index contributed by atoms with van der Waals surface area (Å²) in [6, 6.07) is 30.8. The number of carbonyl (C=O) groups is 3. The first-order chi connectivity index (χ1) is 21.0. The monoisotopic (exact) mass is 608 g/mol. The number of thiazole rings is 1. The van der Waals surface area contributed by atoms with Crippen LogP contribution in [0.3, 0.4) is 0 Å². The molecule has 0 atom stereocenters. The van der Waals surface area contributed by atoms with E-state index in [1.807, 2.05) is 61.5 Å². The van der Waals surface area contributed by atoms with Crippen molar-refractivity contribution in [2.45, 2.75) is 11.8 Å². The molecular formula is C33H28N4O4S2. The molecule has 4 aromatic carbocycles. The maximum absolute atomic E-state index is 13.3. The number of carbonyl (C=O) groups excluding carboxylic acids is 3. The van der Waals surface area contributed by atoms with Crippen molar-refractivity contribution in [1.82, 2.24) is 10.3 Å². The Morgan fingerprint density at radius 1 is 0.860 bits per heavy atom. The number of thioether (sulfide) groups is 1. The van der Waals surface area contributed by atoms with Gasteiger partial charge < -0.3 is 20.7 Å². The Bertz CT molecular complexity index is 1720. The van der Waals surface area contributed by atoms with Crippen molar-refractivity contribution in [3.63, 3.8) is 0 Å². The second kappa shape index (κ2) is 14.3. The molecule has 10 heteroatoms. The summed E-state index contributed by atoms with van der Waals surface area (Å²) in [4.78, 5) is 44.0. The number of nitrogens with zero attached hydrogens (tertiary/aromatic N) is 1. The third kappa shape index (κ3) is 8.31. The topological polar surface area (TPSA) is 109 Å². The number of aromatic nitrogens is 1. The molecule has 8 nitrogen and oxygen atoms in total. The molecule has 1 heterocycles. The van der Waals surface area contributed by atoms with Crippen LogP contribution >= 0.6 is 23.1 Å². The number of nitrogens with one attached hydrogen (secondary N) is 3. The summed E-state index contributed by atoms with van der Waals surface area (Å²) in [6.45, 7) is 2.45. The molecule has 0 saturated carbocycles. The first-order valence-corrected chi connectivity index (χ1v) is 15.3. The van der Waals surface area contributed by atoms with Gasteiger partial charge in [0.25, 0.3) is 11.8 Å². The van der Waals surface area contributed by atoms with Gasteiger partial charge in [-0.2, -0.15) is 0 Å². The molecule has 0 unspecified atom stereocenters. The lowest BCUT2D eigenvalue weighted by molar-refractivity contribution is -0.114. The molecule has 1 aromatic heterocycles. The van der Waals surface area contributed by atoms with Crippen molar-refractivity contribution in [3.05, 3.63) is 120 Å². The summed E-state index contributed by atoms with van der Waals surface area (Å²) in [5, 5.41) is 9.01. The first-order valence-electron chi connectivity index (χ1n) is 13.5. The second-order valence-corrected chi connectivity index (χ2v) is 11.3. The first kappa shape index (κ1) is 29.6. The largest absolute Gasteiger partial charge is 0.494 e.